The van der Waals surface area contributed by atoms with Crippen LogP contribution in [-0.2, 0) is 0 Å². The van der Waals surface area contributed by atoms with E-state index in [1.165, 1.54) is 18.2 Å². The van der Waals surface area contributed by atoms with Crippen molar-refractivity contribution in [1.82, 2.24) is 0 Å². The highest BCUT2D eigenvalue weighted by atomic mass is 79.9. The number of hydrogen-bond acceptors (Lipinski definition) is 2. The molecule has 2 nitrogen and oxygen atoms in total. The molecule has 1 aromatic carbocycles. The summed E-state index contributed by atoms with van der Waals surface area (Å²) in [5, 5.41) is 17.8. The zero-order valence-corrected chi connectivity index (χ0v) is 7.75. The molecular weight excluding hydrogens is 227 g/mol. The van der Waals surface area contributed by atoms with Crippen LogP contribution in [0, 0.1) is 5.82 Å². The summed E-state index contributed by atoms with van der Waals surface area (Å²) in [5.74, 6) is -0.379. The van der Waals surface area contributed by atoms with Crippen molar-refractivity contribution < 1.29 is 14.6 Å². The van der Waals surface area contributed by atoms with Crippen LogP contribution in [-0.4, -0.2) is 16.8 Å². The first kappa shape index (κ1) is 9.64. The molecule has 0 heterocycles. The molecule has 0 saturated carbocycles. The van der Waals surface area contributed by atoms with Gasteiger partial charge in [0.2, 0.25) is 0 Å². The van der Waals surface area contributed by atoms with Crippen molar-refractivity contribution in [1.29, 1.82) is 0 Å². The van der Waals surface area contributed by atoms with Gasteiger partial charge >= 0.3 is 0 Å². The molecule has 2 N–H and O–H groups in total. The summed E-state index contributed by atoms with van der Waals surface area (Å²) in [6.45, 7) is -0.371. The smallest absolute Gasteiger partial charge is 0.124 e. The van der Waals surface area contributed by atoms with Gasteiger partial charge in [0.25, 0.3) is 0 Å². The molecule has 66 valence electrons. The van der Waals surface area contributed by atoms with E-state index in [9.17, 15) is 9.50 Å². The number of aliphatic hydroxyl groups is 2. The average Bonchev–Trinajstić information content (AvgIpc) is 2.03. The van der Waals surface area contributed by atoms with Crippen LogP contribution in [0.2, 0.25) is 0 Å². The lowest BCUT2D eigenvalue weighted by atomic mass is 10.1. The maximum atomic E-state index is 12.5. The van der Waals surface area contributed by atoms with Gasteiger partial charge in [-0.15, -0.1) is 0 Å². The van der Waals surface area contributed by atoms with Crippen LogP contribution < -0.4 is 0 Å². The maximum Gasteiger partial charge on any atom is 0.124 e. The SMILES string of the molecule is OC[C@H](O)c1ccc(F)cc1Br. The van der Waals surface area contributed by atoms with E-state index in [-0.39, 0.29) is 12.4 Å². The molecule has 0 amide bonds. The summed E-state index contributed by atoms with van der Waals surface area (Å²) < 4.78 is 13.0. The molecule has 0 aliphatic rings. The minimum Gasteiger partial charge on any atom is -0.393 e. The van der Waals surface area contributed by atoms with Crippen LogP contribution in [0.3, 0.4) is 0 Å². The lowest BCUT2D eigenvalue weighted by Gasteiger charge is -2.08. The van der Waals surface area contributed by atoms with Gasteiger partial charge in [-0.2, -0.15) is 0 Å². The Morgan fingerprint density at radius 2 is 2.17 bits per heavy atom. The van der Waals surface area contributed by atoms with E-state index in [1.54, 1.807) is 0 Å². The lowest BCUT2D eigenvalue weighted by Crippen LogP contribution is -2.03. The fourth-order valence-corrected chi connectivity index (χ4v) is 1.49. The molecule has 12 heavy (non-hydrogen) atoms. The van der Waals surface area contributed by atoms with Crippen molar-refractivity contribution in [2.45, 2.75) is 6.10 Å². The van der Waals surface area contributed by atoms with Gasteiger partial charge in [-0.25, -0.2) is 4.39 Å². The minimum absolute atomic E-state index is 0.371. The highest BCUT2D eigenvalue weighted by Crippen LogP contribution is 2.23. The van der Waals surface area contributed by atoms with Gasteiger partial charge < -0.3 is 10.2 Å². The van der Waals surface area contributed by atoms with E-state index in [2.05, 4.69) is 15.9 Å². The third kappa shape index (κ3) is 2.03. The van der Waals surface area contributed by atoms with Gasteiger partial charge in [-0.1, -0.05) is 22.0 Å². The van der Waals surface area contributed by atoms with Crippen LogP contribution in [0.4, 0.5) is 4.39 Å². The van der Waals surface area contributed by atoms with Gasteiger partial charge in [-0.05, 0) is 17.7 Å². The summed E-state index contributed by atoms with van der Waals surface area (Å²) in [6.07, 6.45) is -0.958. The number of aliphatic hydroxyl groups excluding tert-OH is 2. The molecule has 0 aromatic heterocycles. The first-order chi connectivity index (χ1) is 5.65. The van der Waals surface area contributed by atoms with Crippen molar-refractivity contribution in [2.24, 2.45) is 0 Å². The molecule has 0 aliphatic carbocycles. The second-order valence-corrected chi connectivity index (χ2v) is 3.22. The van der Waals surface area contributed by atoms with Crippen molar-refractivity contribution in [3.05, 3.63) is 34.1 Å². The summed E-state index contributed by atoms with van der Waals surface area (Å²) in [4.78, 5) is 0. The van der Waals surface area contributed by atoms with Crippen molar-refractivity contribution in [3.8, 4) is 0 Å². The highest BCUT2D eigenvalue weighted by molar-refractivity contribution is 9.10. The predicted molar refractivity (Wildman–Crippen MR) is 46.1 cm³/mol. The third-order valence-electron chi connectivity index (χ3n) is 1.49. The summed E-state index contributed by atoms with van der Waals surface area (Å²) in [7, 11) is 0. The Hall–Kier alpha value is -0.450. The number of rotatable bonds is 2. The Labute approximate surface area is 77.8 Å². The van der Waals surface area contributed by atoms with Gasteiger partial charge in [0.1, 0.15) is 11.9 Å². The highest BCUT2D eigenvalue weighted by Gasteiger charge is 2.09. The van der Waals surface area contributed by atoms with Crippen molar-refractivity contribution >= 4 is 15.9 Å². The van der Waals surface area contributed by atoms with E-state index < -0.39 is 6.10 Å². The Bertz CT molecular complexity index is 278. The zero-order valence-electron chi connectivity index (χ0n) is 6.17. The summed E-state index contributed by atoms with van der Waals surface area (Å²) in [5.41, 5.74) is 0.485. The number of benzene rings is 1. The molecule has 1 aromatic rings. The Morgan fingerprint density at radius 1 is 1.50 bits per heavy atom. The van der Waals surface area contributed by atoms with Crippen molar-refractivity contribution in [3.63, 3.8) is 0 Å². The molecule has 0 bridgehead atoms. The Kier molecular flexibility index (Phi) is 3.20. The van der Waals surface area contributed by atoms with Crippen LogP contribution in [0.15, 0.2) is 22.7 Å². The topological polar surface area (TPSA) is 40.5 Å². The van der Waals surface area contributed by atoms with Crippen molar-refractivity contribution in [2.75, 3.05) is 6.61 Å². The lowest BCUT2D eigenvalue weighted by molar-refractivity contribution is 0.0950. The molecule has 0 fully saturated rings. The van der Waals surface area contributed by atoms with Crippen LogP contribution in [0.25, 0.3) is 0 Å². The zero-order chi connectivity index (χ0) is 9.14. The molecular formula is C8H8BrFO2. The molecule has 0 aliphatic heterocycles. The molecule has 0 saturated heterocycles. The standard InChI is InChI=1S/C8H8BrFO2/c9-7-3-5(10)1-2-6(7)8(12)4-11/h1-3,8,11-12H,4H2/t8-/m0/s1. The quantitative estimate of drug-likeness (QED) is 0.817. The van der Waals surface area contributed by atoms with E-state index in [1.807, 2.05) is 0 Å². The molecule has 4 heteroatoms. The van der Waals surface area contributed by atoms with Crippen LogP contribution in [0.1, 0.15) is 11.7 Å². The predicted octanol–water partition coefficient (Wildman–Crippen LogP) is 1.61. The fourth-order valence-electron chi connectivity index (χ4n) is 0.870. The number of hydrogen-bond donors (Lipinski definition) is 2. The monoisotopic (exact) mass is 234 g/mol. The molecule has 0 radical (unpaired) electrons. The maximum absolute atomic E-state index is 12.5. The second kappa shape index (κ2) is 3.98. The van der Waals surface area contributed by atoms with Crippen LogP contribution >= 0.6 is 15.9 Å². The van der Waals surface area contributed by atoms with E-state index in [0.717, 1.165) is 0 Å². The summed E-state index contributed by atoms with van der Waals surface area (Å²) in [6, 6.07) is 3.91. The van der Waals surface area contributed by atoms with Gasteiger partial charge in [0.05, 0.1) is 6.61 Å². The summed E-state index contributed by atoms with van der Waals surface area (Å²) >= 11 is 3.08. The second-order valence-electron chi connectivity index (χ2n) is 2.36. The normalized spacial score (nSPS) is 13.0. The minimum atomic E-state index is -0.958. The first-order valence-corrected chi connectivity index (χ1v) is 4.18. The Morgan fingerprint density at radius 3 is 2.67 bits per heavy atom. The van der Waals surface area contributed by atoms with Gasteiger partial charge in [0, 0.05) is 4.47 Å². The molecule has 0 unspecified atom stereocenters. The van der Waals surface area contributed by atoms with E-state index in [4.69, 9.17) is 5.11 Å². The largest absolute Gasteiger partial charge is 0.393 e. The van der Waals surface area contributed by atoms with E-state index >= 15 is 0 Å². The fraction of sp³-hybridized carbons (Fsp3) is 0.250. The third-order valence-corrected chi connectivity index (χ3v) is 2.18. The molecule has 1 rings (SSSR count). The molecule has 0 spiro atoms. The van der Waals surface area contributed by atoms with Gasteiger partial charge in [-0.3, -0.25) is 0 Å². The first-order valence-electron chi connectivity index (χ1n) is 3.39. The number of halogens is 2. The van der Waals surface area contributed by atoms with E-state index in [0.29, 0.717) is 10.0 Å². The Balaban J connectivity index is 3.01. The van der Waals surface area contributed by atoms with Gasteiger partial charge in [0.15, 0.2) is 0 Å². The average molecular weight is 235 g/mol. The van der Waals surface area contributed by atoms with Crippen LogP contribution in [0.5, 0.6) is 0 Å². The molecule has 1 atom stereocenters.